The van der Waals surface area contributed by atoms with E-state index < -0.39 is 17.9 Å². The van der Waals surface area contributed by atoms with Crippen LogP contribution in [0.15, 0.2) is 24.5 Å². The second-order valence-electron chi connectivity index (χ2n) is 4.03. The summed E-state index contributed by atoms with van der Waals surface area (Å²) in [7, 11) is 0. The molecular weight excluding hydrogens is 266 g/mol. The number of rotatable bonds is 4. The Hall–Kier alpha value is -2.15. The number of carboxylic acids is 1. The van der Waals surface area contributed by atoms with Crippen LogP contribution >= 0.6 is 11.3 Å². The van der Waals surface area contributed by atoms with Gasteiger partial charge in [-0.15, -0.1) is 0 Å². The third-order valence-electron chi connectivity index (χ3n) is 2.53. The average Bonchev–Trinajstić information content (AvgIpc) is 2.96. The molecule has 1 atom stereocenters. The lowest BCUT2D eigenvalue weighted by atomic mass is 10.3. The fourth-order valence-corrected chi connectivity index (χ4v) is 2.43. The minimum absolute atomic E-state index is 0.414. The van der Waals surface area contributed by atoms with Crippen molar-refractivity contribution < 1.29 is 14.7 Å². The van der Waals surface area contributed by atoms with Gasteiger partial charge in [0.05, 0.1) is 5.69 Å². The maximum Gasteiger partial charge on any atom is 0.325 e. The van der Waals surface area contributed by atoms with Gasteiger partial charge in [-0.2, -0.15) is 0 Å². The average molecular weight is 279 g/mol. The van der Waals surface area contributed by atoms with Gasteiger partial charge in [0.25, 0.3) is 5.91 Å². The van der Waals surface area contributed by atoms with E-state index >= 15 is 0 Å². The number of amides is 1. The number of carbonyl (C=O) groups excluding carboxylic acids is 1. The first-order chi connectivity index (χ1) is 8.99. The molecule has 1 amide bonds. The Balaban J connectivity index is 2.21. The molecule has 1 unspecified atom stereocenters. The second kappa shape index (κ2) is 5.23. The molecule has 2 heterocycles. The Morgan fingerprint density at radius 2 is 2.05 bits per heavy atom. The van der Waals surface area contributed by atoms with Gasteiger partial charge in [0.1, 0.15) is 10.9 Å². The summed E-state index contributed by atoms with van der Waals surface area (Å²) in [5.41, 5.74) is 0.587. The summed E-state index contributed by atoms with van der Waals surface area (Å²) in [6.07, 6.45) is 3.67. The summed E-state index contributed by atoms with van der Waals surface area (Å²) in [5.74, 6) is -1.48. The zero-order valence-corrected chi connectivity index (χ0v) is 11.3. The van der Waals surface area contributed by atoms with Crippen LogP contribution in [-0.4, -0.2) is 32.6 Å². The van der Waals surface area contributed by atoms with Crippen molar-refractivity contribution in [1.29, 1.82) is 0 Å². The monoisotopic (exact) mass is 279 g/mol. The normalized spacial score (nSPS) is 12.1. The topological polar surface area (TPSA) is 84.2 Å². The van der Waals surface area contributed by atoms with Gasteiger partial charge >= 0.3 is 5.97 Å². The third-order valence-corrected chi connectivity index (χ3v) is 3.70. The minimum atomic E-state index is -1.07. The van der Waals surface area contributed by atoms with E-state index in [0.717, 1.165) is 0 Å². The lowest BCUT2D eigenvalue weighted by Gasteiger charge is -2.07. The van der Waals surface area contributed by atoms with Crippen LogP contribution in [0.3, 0.4) is 0 Å². The van der Waals surface area contributed by atoms with Crippen LogP contribution in [0.5, 0.6) is 0 Å². The molecule has 0 aliphatic heterocycles. The van der Waals surface area contributed by atoms with E-state index in [0.29, 0.717) is 15.7 Å². The summed E-state index contributed by atoms with van der Waals surface area (Å²) in [6, 6.07) is 2.80. The molecule has 2 aromatic heterocycles. The number of hydrogen-bond donors (Lipinski definition) is 2. The maximum atomic E-state index is 12.0. The van der Waals surface area contributed by atoms with Crippen molar-refractivity contribution in [2.75, 3.05) is 0 Å². The lowest BCUT2D eigenvalue weighted by molar-refractivity contribution is -0.138. The SMILES string of the molecule is Cc1nc(-n2cccc2)sc1C(=O)NC(C)C(=O)O. The Kier molecular flexibility index (Phi) is 3.66. The first kappa shape index (κ1) is 13.3. The van der Waals surface area contributed by atoms with Crippen molar-refractivity contribution in [3.8, 4) is 5.13 Å². The molecule has 0 spiro atoms. The Labute approximate surface area is 113 Å². The predicted octanol–water partition coefficient (Wildman–Crippen LogP) is 1.45. The Morgan fingerprint density at radius 1 is 1.42 bits per heavy atom. The molecular formula is C12H13N3O3S. The number of nitrogens with one attached hydrogen (secondary N) is 1. The van der Waals surface area contributed by atoms with Gasteiger partial charge in [0.2, 0.25) is 0 Å². The van der Waals surface area contributed by atoms with E-state index in [4.69, 9.17) is 5.11 Å². The number of aromatic nitrogens is 2. The highest BCUT2D eigenvalue weighted by Crippen LogP contribution is 2.21. The first-order valence-electron chi connectivity index (χ1n) is 5.63. The quantitative estimate of drug-likeness (QED) is 0.887. The molecule has 2 aromatic rings. The van der Waals surface area contributed by atoms with Crippen molar-refractivity contribution in [1.82, 2.24) is 14.9 Å². The number of carboxylic acid groups (broad SMARTS) is 1. The molecule has 19 heavy (non-hydrogen) atoms. The standard InChI is InChI=1S/C12H13N3O3S/c1-7-9(10(16)13-8(2)11(17)18)19-12(14-7)15-5-3-4-6-15/h3-6,8H,1-2H3,(H,13,16)(H,17,18). The van der Waals surface area contributed by atoms with Crippen LogP contribution < -0.4 is 5.32 Å². The third kappa shape index (κ3) is 2.82. The summed E-state index contributed by atoms with van der Waals surface area (Å²) < 4.78 is 1.80. The van der Waals surface area contributed by atoms with Gasteiger partial charge in [-0.05, 0) is 26.0 Å². The Bertz CT molecular complexity index is 604. The van der Waals surface area contributed by atoms with Crippen LogP contribution in [0.25, 0.3) is 5.13 Å². The number of aliphatic carboxylic acids is 1. The lowest BCUT2D eigenvalue weighted by Crippen LogP contribution is -2.38. The molecule has 0 fully saturated rings. The minimum Gasteiger partial charge on any atom is -0.480 e. The molecule has 2 N–H and O–H groups in total. The van der Waals surface area contributed by atoms with Crippen LogP contribution in [0.1, 0.15) is 22.3 Å². The highest BCUT2D eigenvalue weighted by atomic mass is 32.1. The van der Waals surface area contributed by atoms with Crippen LogP contribution in [0.2, 0.25) is 0 Å². The highest BCUT2D eigenvalue weighted by molar-refractivity contribution is 7.16. The van der Waals surface area contributed by atoms with Crippen molar-refractivity contribution in [3.63, 3.8) is 0 Å². The zero-order chi connectivity index (χ0) is 14.0. The van der Waals surface area contributed by atoms with E-state index in [9.17, 15) is 9.59 Å². The molecule has 0 bridgehead atoms. The molecule has 2 rings (SSSR count). The van der Waals surface area contributed by atoms with E-state index in [-0.39, 0.29) is 0 Å². The number of aryl methyl sites for hydroxylation is 1. The van der Waals surface area contributed by atoms with E-state index in [2.05, 4.69) is 10.3 Å². The summed E-state index contributed by atoms with van der Waals surface area (Å²) in [4.78, 5) is 27.4. The van der Waals surface area contributed by atoms with Crippen molar-refractivity contribution in [3.05, 3.63) is 35.1 Å². The summed E-state index contributed by atoms with van der Waals surface area (Å²) >= 11 is 1.23. The molecule has 0 aliphatic rings. The van der Waals surface area contributed by atoms with Gasteiger partial charge in [0, 0.05) is 12.4 Å². The number of nitrogens with zero attached hydrogens (tertiary/aromatic N) is 2. The molecule has 7 heteroatoms. The van der Waals surface area contributed by atoms with E-state index in [1.165, 1.54) is 18.3 Å². The van der Waals surface area contributed by atoms with Crippen molar-refractivity contribution >= 4 is 23.2 Å². The van der Waals surface area contributed by atoms with Crippen molar-refractivity contribution in [2.45, 2.75) is 19.9 Å². The molecule has 0 aliphatic carbocycles. The van der Waals surface area contributed by atoms with Gasteiger partial charge in [0.15, 0.2) is 5.13 Å². The zero-order valence-electron chi connectivity index (χ0n) is 10.5. The fourth-order valence-electron chi connectivity index (χ4n) is 1.49. The van der Waals surface area contributed by atoms with Gasteiger partial charge in [-0.3, -0.25) is 9.59 Å². The molecule has 0 saturated carbocycles. The first-order valence-corrected chi connectivity index (χ1v) is 6.45. The summed E-state index contributed by atoms with van der Waals surface area (Å²) in [5, 5.41) is 11.9. The largest absolute Gasteiger partial charge is 0.480 e. The van der Waals surface area contributed by atoms with Gasteiger partial charge < -0.3 is 15.0 Å². The van der Waals surface area contributed by atoms with Crippen LogP contribution in [0.4, 0.5) is 0 Å². The van der Waals surface area contributed by atoms with E-state index in [1.54, 1.807) is 11.5 Å². The number of carbonyl (C=O) groups is 2. The van der Waals surface area contributed by atoms with Crippen LogP contribution in [0, 0.1) is 6.92 Å². The predicted molar refractivity (Wildman–Crippen MR) is 70.7 cm³/mol. The second-order valence-corrected chi connectivity index (χ2v) is 5.01. The molecule has 6 nitrogen and oxygen atoms in total. The van der Waals surface area contributed by atoms with Crippen molar-refractivity contribution in [2.24, 2.45) is 0 Å². The molecule has 100 valence electrons. The highest BCUT2D eigenvalue weighted by Gasteiger charge is 2.20. The van der Waals surface area contributed by atoms with E-state index in [1.807, 2.05) is 24.5 Å². The molecule has 0 aromatic carbocycles. The molecule has 0 saturated heterocycles. The van der Waals surface area contributed by atoms with Gasteiger partial charge in [-0.1, -0.05) is 11.3 Å². The molecule has 0 radical (unpaired) electrons. The van der Waals surface area contributed by atoms with Crippen LogP contribution in [-0.2, 0) is 4.79 Å². The number of hydrogen-bond acceptors (Lipinski definition) is 4. The summed E-state index contributed by atoms with van der Waals surface area (Å²) in [6.45, 7) is 3.15. The van der Waals surface area contributed by atoms with Gasteiger partial charge in [-0.25, -0.2) is 4.98 Å². The number of thiazole rings is 1. The smallest absolute Gasteiger partial charge is 0.325 e. The Morgan fingerprint density at radius 3 is 2.63 bits per heavy atom. The maximum absolute atomic E-state index is 12.0. The fraction of sp³-hybridized carbons (Fsp3) is 0.250.